The van der Waals surface area contributed by atoms with Crippen LogP contribution >= 0.6 is 0 Å². The van der Waals surface area contributed by atoms with Crippen molar-refractivity contribution in [3.8, 4) is 0 Å². The van der Waals surface area contributed by atoms with Gasteiger partial charge in [0.05, 0.1) is 29.9 Å². The van der Waals surface area contributed by atoms with Gasteiger partial charge in [-0.15, -0.1) is 0 Å². The summed E-state index contributed by atoms with van der Waals surface area (Å²) in [7, 11) is 0. The first-order valence-electron chi connectivity index (χ1n) is 13.9. The van der Waals surface area contributed by atoms with Crippen LogP contribution in [0.4, 0.5) is 0 Å². The second-order valence-corrected chi connectivity index (χ2v) is 10.4. The topological polar surface area (TPSA) is 126 Å². The third kappa shape index (κ3) is 7.54. The van der Waals surface area contributed by atoms with Gasteiger partial charge in [-0.25, -0.2) is 14.4 Å². The zero-order valence-corrected chi connectivity index (χ0v) is 23.9. The Labute approximate surface area is 247 Å². The van der Waals surface area contributed by atoms with Crippen molar-refractivity contribution in [2.45, 2.75) is 51.9 Å². The summed E-state index contributed by atoms with van der Waals surface area (Å²) < 4.78 is 24.4. The number of aryl methyl sites for hydroxylation is 2. The molecule has 5 rings (SSSR count). The van der Waals surface area contributed by atoms with Gasteiger partial charge in [0.25, 0.3) is 5.56 Å². The Bertz CT molecular complexity index is 1680. The number of esters is 2. The van der Waals surface area contributed by atoms with Gasteiger partial charge in [0.2, 0.25) is 0 Å². The molecule has 1 N–H and O–H groups in total. The van der Waals surface area contributed by atoms with Gasteiger partial charge in [-0.2, -0.15) is 0 Å². The molecule has 10 heteroatoms. The lowest BCUT2D eigenvalue weighted by Gasteiger charge is -2.19. The van der Waals surface area contributed by atoms with Crippen LogP contribution in [0.5, 0.6) is 0 Å². The van der Waals surface area contributed by atoms with E-state index in [1.54, 1.807) is 48.5 Å². The summed E-state index contributed by atoms with van der Waals surface area (Å²) in [5.74, 6) is -1.14. The van der Waals surface area contributed by atoms with Crippen LogP contribution in [0.25, 0.3) is 0 Å². The van der Waals surface area contributed by atoms with E-state index in [2.05, 4.69) is 4.98 Å². The first kappa shape index (κ1) is 29.7. The third-order valence-electron chi connectivity index (χ3n) is 7.11. The lowest BCUT2D eigenvalue weighted by Crippen LogP contribution is -2.34. The number of nitrogens with one attached hydrogen (secondary N) is 1. The van der Waals surface area contributed by atoms with E-state index < -0.39 is 41.6 Å². The van der Waals surface area contributed by atoms with Crippen molar-refractivity contribution >= 4 is 11.9 Å². The largest absolute Gasteiger partial charge is 0.459 e. The Morgan fingerprint density at radius 2 is 1.49 bits per heavy atom. The van der Waals surface area contributed by atoms with E-state index in [-0.39, 0.29) is 31.8 Å². The number of H-pyrrole nitrogens is 1. The van der Waals surface area contributed by atoms with Gasteiger partial charge in [-0.3, -0.25) is 14.3 Å². The second kappa shape index (κ2) is 13.5. The number of carbonyl (C=O) groups excluding carboxylic acids is 2. The molecular formula is C33H32N2O8. The lowest BCUT2D eigenvalue weighted by molar-refractivity contribution is -0.0583. The van der Waals surface area contributed by atoms with Crippen LogP contribution in [0.15, 0.2) is 94.6 Å². The summed E-state index contributed by atoms with van der Waals surface area (Å²) in [5.41, 5.74) is 2.60. The highest BCUT2D eigenvalue weighted by molar-refractivity contribution is 5.90. The summed E-state index contributed by atoms with van der Waals surface area (Å²) in [6, 6.07) is 23.3. The maximum absolute atomic E-state index is 13.0. The number of ether oxygens (including phenoxy) is 4. The van der Waals surface area contributed by atoms with Crippen molar-refractivity contribution in [1.29, 1.82) is 0 Å². The minimum absolute atomic E-state index is 0.0410. The zero-order valence-electron chi connectivity index (χ0n) is 23.9. The van der Waals surface area contributed by atoms with Gasteiger partial charge in [0.15, 0.2) is 0 Å². The standard InChI is InChI=1S/C33H32N2O8/c1-21-8-12-24(13-9-21)31(37)41-20-28-27(43-32(38)25-14-10-22(2)11-15-25)16-29(42-28)35-17-26(30(36)34-33(35)39)19-40-18-23-6-4-3-5-7-23/h3-15,17,27-29H,16,18-20H2,1-2H3,(H,34,36,39)/t27-,28-,29-/m0/s1. The molecule has 1 aromatic heterocycles. The van der Waals surface area contributed by atoms with Crippen LogP contribution in [0, 0.1) is 13.8 Å². The fraction of sp³-hybridized carbons (Fsp3) is 0.273. The second-order valence-electron chi connectivity index (χ2n) is 10.4. The lowest BCUT2D eigenvalue weighted by atomic mass is 10.1. The molecule has 43 heavy (non-hydrogen) atoms. The van der Waals surface area contributed by atoms with E-state index in [0.29, 0.717) is 11.1 Å². The van der Waals surface area contributed by atoms with Crippen LogP contribution < -0.4 is 11.2 Å². The van der Waals surface area contributed by atoms with Crippen molar-refractivity contribution in [3.05, 3.63) is 139 Å². The monoisotopic (exact) mass is 584 g/mol. The smallest absolute Gasteiger partial charge is 0.338 e. The molecule has 0 aliphatic carbocycles. The van der Waals surface area contributed by atoms with Crippen molar-refractivity contribution in [1.82, 2.24) is 9.55 Å². The normalized spacial score (nSPS) is 17.9. The van der Waals surface area contributed by atoms with Crippen LogP contribution in [-0.2, 0) is 32.2 Å². The van der Waals surface area contributed by atoms with Gasteiger partial charge in [0.1, 0.15) is 25.0 Å². The Kier molecular flexibility index (Phi) is 9.29. The number of hydrogen-bond acceptors (Lipinski definition) is 8. The summed E-state index contributed by atoms with van der Waals surface area (Å²) in [6.45, 7) is 3.84. The third-order valence-corrected chi connectivity index (χ3v) is 7.11. The number of nitrogens with zero attached hydrogens (tertiary/aromatic N) is 1. The number of carbonyl (C=O) groups is 2. The van der Waals surface area contributed by atoms with Crippen molar-refractivity contribution < 1.29 is 28.5 Å². The van der Waals surface area contributed by atoms with Crippen molar-refractivity contribution in [2.75, 3.05) is 6.61 Å². The van der Waals surface area contributed by atoms with E-state index in [4.69, 9.17) is 18.9 Å². The summed E-state index contributed by atoms with van der Waals surface area (Å²) in [6.07, 6.45) is -1.15. The molecule has 1 aliphatic heterocycles. The van der Waals surface area contributed by atoms with E-state index in [0.717, 1.165) is 16.7 Å². The molecule has 3 atom stereocenters. The molecule has 1 aliphatic rings. The summed E-state index contributed by atoms with van der Waals surface area (Å²) in [5, 5.41) is 0. The molecule has 3 aromatic carbocycles. The fourth-order valence-corrected chi connectivity index (χ4v) is 4.67. The molecule has 1 saturated heterocycles. The number of benzene rings is 3. The molecule has 1 fully saturated rings. The fourth-order valence-electron chi connectivity index (χ4n) is 4.67. The highest BCUT2D eigenvalue weighted by atomic mass is 16.6. The number of rotatable bonds is 10. The molecule has 0 spiro atoms. The maximum atomic E-state index is 13.0. The molecule has 222 valence electrons. The van der Waals surface area contributed by atoms with E-state index in [9.17, 15) is 19.2 Å². The van der Waals surface area contributed by atoms with E-state index in [1.807, 2.05) is 44.2 Å². The molecule has 0 bridgehead atoms. The Balaban J connectivity index is 1.33. The van der Waals surface area contributed by atoms with Gasteiger partial charge in [-0.05, 0) is 43.7 Å². The van der Waals surface area contributed by atoms with Crippen LogP contribution in [0.2, 0.25) is 0 Å². The molecule has 0 radical (unpaired) electrons. The zero-order chi connectivity index (χ0) is 30.3. The van der Waals surface area contributed by atoms with Gasteiger partial charge in [0, 0.05) is 12.6 Å². The van der Waals surface area contributed by atoms with E-state index >= 15 is 0 Å². The summed E-state index contributed by atoms with van der Waals surface area (Å²) in [4.78, 5) is 53.3. The first-order valence-corrected chi connectivity index (χ1v) is 13.9. The highest BCUT2D eigenvalue weighted by Gasteiger charge is 2.40. The average Bonchev–Trinajstić information content (AvgIpc) is 3.40. The average molecular weight is 585 g/mol. The Hall–Kier alpha value is -4.80. The summed E-state index contributed by atoms with van der Waals surface area (Å²) >= 11 is 0. The molecule has 2 heterocycles. The van der Waals surface area contributed by atoms with Crippen LogP contribution in [-0.4, -0.2) is 40.3 Å². The molecule has 4 aromatic rings. The predicted molar refractivity (Wildman–Crippen MR) is 157 cm³/mol. The maximum Gasteiger partial charge on any atom is 0.338 e. The minimum atomic E-state index is -0.906. The van der Waals surface area contributed by atoms with E-state index in [1.165, 1.54) is 10.8 Å². The van der Waals surface area contributed by atoms with Gasteiger partial charge in [-0.1, -0.05) is 65.7 Å². The quantitative estimate of drug-likeness (QED) is 0.275. The molecule has 10 nitrogen and oxygen atoms in total. The number of aromatic nitrogens is 2. The molecule has 0 saturated carbocycles. The highest BCUT2D eigenvalue weighted by Crippen LogP contribution is 2.31. The Morgan fingerprint density at radius 3 is 2.14 bits per heavy atom. The van der Waals surface area contributed by atoms with Crippen LogP contribution in [0.1, 0.15) is 55.6 Å². The van der Waals surface area contributed by atoms with Gasteiger partial charge < -0.3 is 18.9 Å². The predicted octanol–water partition coefficient (Wildman–Crippen LogP) is 4.24. The SMILES string of the molecule is Cc1ccc(C(=O)OC[C@@H]2O[C@H](n3cc(COCc4ccccc4)c(=O)[nH]c3=O)C[C@@H]2OC(=O)c2ccc(C)cc2)cc1. The first-order chi connectivity index (χ1) is 20.8. The van der Waals surface area contributed by atoms with Crippen molar-refractivity contribution in [2.24, 2.45) is 0 Å². The Morgan fingerprint density at radius 1 is 0.860 bits per heavy atom. The molecule has 0 amide bonds. The molecular weight excluding hydrogens is 552 g/mol. The van der Waals surface area contributed by atoms with Gasteiger partial charge >= 0.3 is 17.6 Å². The van der Waals surface area contributed by atoms with Crippen LogP contribution in [0.3, 0.4) is 0 Å². The van der Waals surface area contributed by atoms with Crippen molar-refractivity contribution in [3.63, 3.8) is 0 Å². The number of aromatic amines is 1. The minimum Gasteiger partial charge on any atom is -0.459 e. The molecule has 0 unspecified atom stereocenters. The number of hydrogen-bond donors (Lipinski definition) is 1.